The lowest BCUT2D eigenvalue weighted by Crippen LogP contribution is -2.22. The lowest BCUT2D eigenvalue weighted by atomic mass is 9.92. The van der Waals surface area contributed by atoms with Gasteiger partial charge in [-0.25, -0.2) is 0 Å². The molecule has 0 aliphatic heterocycles. The number of allylic oxidation sites excluding steroid dienone is 4. The molecule has 0 radical (unpaired) electrons. The average molecular weight is 370 g/mol. The van der Waals surface area contributed by atoms with Crippen molar-refractivity contribution >= 4 is 16.8 Å². The summed E-state index contributed by atoms with van der Waals surface area (Å²) in [5.41, 5.74) is 3.05. The molecule has 28 heavy (non-hydrogen) atoms. The molecule has 1 N–H and O–H groups in total. The van der Waals surface area contributed by atoms with Crippen molar-refractivity contribution in [2.45, 2.75) is 26.4 Å². The highest BCUT2D eigenvalue weighted by atomic mass is 16.5. The molecular formula is C26H26O2. The molecule has 0 bridgehead atoms. The molecule has 3 rings (SSSR count). The Kier molecular flexibility index (Phi) is 5.70. The largest absolute Gasteiger partial charge is 0.508 e. The van der Waals surface area contributed by atoms with Crippen LogP contribution in [0.2, 0.25) is 0 Å². The van der Waals surface area contributed by atoms with Gasteiger partial charge in [0.2, 0.25) is 0 Å². The van der Waals surface area contributed by atoms with E-state index in [0.29, 0.717) is 0 Å². The minimum absolute atomic E-state index is 0.242. The zero-order chi connectivity index (χ0) is 20.1. The standard InChI is InChI=1S/C26H26O2/c1-5-6-7-8-9-19-10-11-21-18-23(28-26(2,3)4)16-17-24(21)25(19)20-12-14-22(27)15-13-20/h5-18,27H,1H2,2-4H3/b7-6-,9-8+. The van der Waals surface area contributed by atoms with Crippen molar-refractivity contribution in [2.75, 3.05) is 0 Å². The average Bonchev–Trinajstić information content (AvgIpc) is 2.64. The molecule has 0 spiro atoms. The fourth-order valence-corrected chi connectivity index (χ4v) is 3.13. The van der Waals surface area contributed by atoms with Gasteiger partial charge >= 0.3 is 0 Å². The molecule has 0 atom stereocenters. The molecule has 0 aliphatic carbocycles. The van der Waals surface area contributed by atoms with Gasteiger partial charge in [0.1, 0.15) is 17.1 Å². The Morgan fingerprint density at radius 1 is 0.893 bits per heavy atom. The van der Waals surface area contributed by atoms with Crippen molar-refractivity contribution < 1.29 is 9.84 Å². The molecule has 0 aliphatic rings. The monoisotopic (exact) mass is 370 g/mol. The summed E-state index contributed by atoms with van der Waals surface area (Å²) in [7, 11) is 0. The fourth-order valence-electron chi connectivity index (χ4n) is 3.13. The van der Waals surface area contributed by atoms with Gasteiger partial charge in [-0.2, -0.15) is 0 Å². The lowest BCUT2D eigenvalue weighted by Gasteiger charge is -2.22. The van der Waals surface area contributed by atoms with Crippen LogP contribution < -0.4 is 4.74 Å². The summed E-state index contributed by atoms with van der Waals surface area (Å²) >= 11 is 0. The quantitative estimate of drug-likeness (QED) is 0.483. The molecule has 0 unspecified atom stereocenters. The number of phenolic OH excluding ortho intramolecular Hbond substituents is 1. The van der Waals surface area contributed by atoms with Crippen LogP contribution in [0.5, 0.6) is 11.5 Å². The molecule has 0 amide bonds. The predicted octanol–water partition coefficient (Wildman–Crippen LogP) is 7.15. The van der Waals surface area contributed by atoms with E-state index in [4.69, 9.17) is 4.74 Å². The van der Waals surface area contributed by atoms with Gasteiger partial charge in [-0.1, -0.05) is 67.3 Å². The lowest BCUT2D eigenvalue weighted by molar-refractivity contribution is 0.131. The van der Waals surface area contributed by atoms with Crippen LogP contribution in [-0.2, 0) is 0 Å². The first-order valence-electron chi connectivity index (χ1n) is 9.38. The van der Waals surface area contributed by atoms with Crippen LogP contribution in [0, 0.1) is 0 Å². The second-order valence-electron chi connectivity index (χ2n) is 7.65. The Balaban J connectivity index is 2.16. The van der Waals surface area contributed by atoms with Crippen LogP contribution in [0.15, 0.2) is 85.5 Å². The Labute approximate surface area is 167 Å². The normalized spacial score (nSPS) is 12.1. The van der Waals surface area contributed by atoms with Gasteiger partial charge < -0.3 is 9.84 Å². The maximum Gasteiger partial charge on any atom is 0.120 e. The van der Waals surface area contributed by atoms with Gasteiger partial charge in [0.15, 0.2) is 0 Å². The van der Waals surface area contributed by atoms with E-state index in [1.807, 2.05) is 57.2 Å². The third-order valence-electron chi connectivity index (χ3n) is 4.24. The molecule has 2 nitrogen and oxygen atoms in total. The molecule has 3 aromatic rings. The van der Waals surface area contributed by atoms with Gasteiger partial charge in [-0.15, -0.1) is 0 Å². The van der Waals surface area contributed by atoms with E-state index in [2.05, 4.69) is 36.9 Å². The molecule has 0 fully saturated rings. The smallest absolute Gasteiger partial charge is 0.120 e. The van der Waals surface area contributed by atoms with Crippen molar-refractivity contribution in [1.82, 2.24) is 0 Å². The number of rotatable bonds is 5. The highest BCUT2D eigenvalue weighted by Crippen LogP contribution is 2.36. The molecule has 0 saturated heterocycles. The van der Waals surface area contributed by atoms with E-state index in [0.717, 1.165) is 33.2 Å². The summed E-state index contributed by atoms with van der Waals surface area (Å²) in [6.45, 7) is 9.83. The number of benzene rings is 3. The number of hydrogen-bond donors (Lipinski definition) is 1. The number of ether oxygens (including phenoxy) is 1. The van der Waals surface area contributed by atoms with Gasteiger partial charge in [0, 0.05) is 0 Å². The van der Waals surface area contributed by atoms with Crippen molar-refractivity contribution in [1.29, 1.82) is 0 Å². The molecular weight excluding hydrogens is 344 g/mol. The maximum atomic E-state index is 9.68. The zero-order valence-corrected chi connectivity index (χ0v) is 16.6. The summed E-state index contributed by atoms with van der Waals surface area (Å²) in [5, 5.41) is 11.9. The first-order chi connectivity index (χ1) is 13.4. The van der Waals surface area contributed by atoms with Crippen LogP contribution in [0.3, 0.4) is 0 Å². The van der Waals surface area contributed by atoms with Crippen molar-refractivity contribution in [2.24, 2.45) is 0 Å². The third kappa shape index (κ3) is 4.72. The minimum Gasteiger partial charge on any atom is -0.508 e. The van der Waals surface area contributed by atoms with Crippen LogP contribution in [-0.4, -0.2) is 10.7 Å². The number of phenols is 1. The highest BCUT2D eigenvalue weighted by Gasteiger charge is 2.14. The van der Waals surface area contributed by atoms with Crippen LogP contribution in [0.4, 0.5) is 0 Å². The summed E-state index contributed by atoms with van der Waals surface area (Å²) in [6.07, 6.45) is 9.69. The van der Waals surface area contributed by atoms with Crippen LogP contribution >= 0.6 is 0 Å². The van der Waals surface area contributed by atoms with Gasteiger partial charge in [0.25, 0.3) is 0 Å². The SMILES string of the molecule is C=C/C=C\C=C\c1ccc2cc(OC(C)(C)C)ccc2c1-c1ccc(O)cc1. The van der Waals surface area contributed by atoms with Crippen molar-refractivity contribution in [3.05, 3.63) is 91.0 Å². The zero-order valence-electron chi connectivity index (χ0n) is 16.6. The van der Waals surface area contributed by atoms with E-state index in [-0.39, 0.29) is 11.4 Å². The summed E-state index contributed by atoms with van der Waals surface area (Å²) in [5.74, 6) is 1.12. The molecule has 3 aromatic carbocycles. The van der Waals surface area contributed by atoms with Gasteiger partial charge in [-0.05, 0) is 72.5 Å². The minimum atomic E-state index is -0.242. The third-order valence-corrected chi connectivity index (χ3v) is 4.24. The first-order valence-corrected chi connectivity index (χ1v) is 9.38. The molecule has 0 aromatic heterocycles. The molecule has 0 heterocycles. The summed E-state index contributed by atoms with van der Waals surface area (Å²) in [4.78, 5) is 0. The van der Waals surface area contributed by atoms with E-state index in [1.54, 1.807) is 18.2 Å². The molecule has 2 heteroatoms. The predicted molar refractivity (Wildman–Crippen MR) is 120 cm³/mol. The van der Waals surface area contributed by atoms with Gasteiger partial charge in [0.05, 0.1) is 0 Å². The van der Waals surface area contributed by atoms with E-state index in [9.17, 15) is 5.11 Å². The Hall–Kier alpha value is -3.26. The molecule has 142 valence electrons. The Morgan fingerprint density at radius 2 is 1.64 bits per heavy atom. The van der Waals surface area contributed by atoms with E-state index >= 15 is 0 Å². The fraction of sp³-hybridized carbons (Fsp3) is 0.154. The number of hydrogen-bond acceptors (Lipinski definition) is 2. The van der Waals surface area contributed by atoms with Crippen molar-refractivity contribution in [3.63, 3.8) is 0 Å². The first kappa shape index (κ1) is 19.5. The highest BCUT2D eigenvalue weighted by molar-refractivity contribution is 6.01. The van der Waals surface area contributed by atoms with Crippen LogP contribution in [0.1, 0.15) is 26.3 Å². The second kappa shape index (κ2) is 8.18. The number of fused-ring (bicyclic) bond motifs is 1. The second-order valence-corrected chi connectivity index (χ2v) is 7.65. The Bertz CT molecular complexity index is 1030. The maximum absolute atomic E-state index is 9.68. The van der Waals surface area contributed by atoms with Gasteiger partial charge in [-0.3, -0.25) is 0 Å². The van der Waals surface area contributed by atoms with E-state index < -0.39 is 0 Å². The summed E-state index contributed by atoms with van der Waals surface area (Å²) < 4.78 is 6.03. The topological polar surface area (TPSA) is 29.5 Å². The number of aromatic hydroxyl groups is 1. The Morgan fingerprint density at radius 3 is 2.32 bits per heavy atom. The molecule has 0 saturated carbocycles. The summed E-state index contributed by atoms with van der Waals surface area (Å²) in [6, 6.07) is 17.8. The van der Waals surface area contributed by atoms with Crippen LogP contribution in [0.25, 0.3) is 28.0 Å². The van der Waals surface area contributed by atoms with Crippen molar-refractivity contribution in [3.8, 4) is 22.6 Å². The van der Waals surface area contributed by atoms with E-state index in [1.165, 1.54) is 0 Å².